The Balaban J connectivity index is 2.72. The molecule has 60 valence electrons. The second kappa shape index (κ2) is 4.30. The maximum atomic E-state index is 12.4. The number of hydrogen-bond donors (Lipinski definition) is 0. The van der Waals surface area contributed by atoms with Crippen LogP contribution >= 0.6 is 0 Å². The largest absolute Gasteiger partial charge is 0.302 e. The number of carbonyl (C=O) groups is 1. The minimum absolute atomic E-state index is 0.220. The van der Waals surface area contributed by atoms with Gasteiger partial charge in [0.1, 0.15) is 12.1 Å². The van der Waals surface area contributed by atoms with E-state index in [4.69, 9.17) is 0 Å². The zero-order valence-corrected chi connectivity index (χ0v) is 6.38. The van der Waals surface area contributed by atoms with Crippen LogP contribution in [-0.2, 0) is 4.79 Å². The number of aldehydes is 1. The summed E-state index contributed by atoms with van der Waals surface area (Å²) in [6.45, 7) is 0. The van der Waals surface area contributed by atoms with Gasteiger partial charge in [-0.3, -0.25) is 0 Å². The zero-order chi connectivity index (χ0) is 8.81. The molecule has 0 spiro atoms. The van der Waals surface area contributed by atoms with Gasteiger partial charge in [0.05, 0.1) is 6.42 Å². The van der Waals surface area contributed by atoms with Crippen LogP contribution in [0.5, 0.6) is 0 Å². The van der Waals surface area contributed by atoms with E-state index in [1.165, 1.54) is 12.1 Å². The monoisotopic (exact) mass is 162 g/mol. The number of benzene rings is 1. The van der Waals surface area contributed by atoms with Gasteiger partial charge in [0.15, 0.2) is 0 Å². The average Bonchev–Trinajstić information content (AvgIpc) is 2.09. The molecule has 0 fully saturated rings. The fourth-order valence-electron chi connectivity index (χ4n) is 0.728. The van der Waals surface area contributed by atoms with Crippen LogP contribution < -0.4 is 0 Å². The van der Waals surface area contributed by atoms with Crippen LogP contribution in [0.2, 0.25) is 0 Å². The molecule has 1 aromatic carbocycles. The smallest absolute Gasteiger partial charge is 0.131 e. The minimum atomic E-state index is -0.282. The van der Waals surface area contributed by atoms with Gasteiger partial charge >= 0.3 is 0 Å². The van der Waals surface area contributed by atoms with Crippen molar-refractivity contribution in [1.82, 2.24) is 0 Å². The standard InChI is InChI=1S/C10H7FO/c11-10-6-4-9(5-7-10)3-1-2-8-12/h4-8H,2H2. The maximum absolute atomic E-state index is 12.4. The molecule has 0 aromatic heterocycles. The van der Waals surface area contributed by atoms with Crippen LogP contribution in [0.3, 0.4) is 0 Å². The van der Waals surface area contributed by atoms with Crippen LogP contribution in [0.15, 0.2) is 24.3 Å². The topological polar surface area (TPSA) is 17.1 Å². The molecule has 0 heterocycles. The highest BCUT2D eigenvalue weighted by Crippen LogP contribution is 2.00. The van der Waals surface area contributed by atoms with E-state index in [0.29, 0.717) is 0 Å². The fourth-order valence-corrected chi connectivity index (χ4v) is 0.728. The van der Waals surface area contributed by atoms with E-state index in [0.717, 1.165) is 11.8 Å². The van der Waals surface area contributed by atoms with Gasteiger partial charge in [-0.25, -0.2) is 4.39 Å². The molecular formula is C10H7FO. The first-order valence-electron chi connectivity index (χ1n) is 3.51. The van der Waals surface area contributed by atoms with E-state index in [1.54, 1.807) is 12.1 Å². The van der Waals surface area contributed by atoms with Crippen molar-refractivity contribution in [1.29, 1.82) is 0 Å². The lowest BCUT2D eigenvalue weighted by atomic mass is 10.2. The van der Waals surface area contributed by atoms with Gasteiger partial charge in [0.25, 0.3) is 0 Å². The molecule has 12 heavy (non-hydrogen) atoms. The summed E-state index contributed by atoms with van der Waals surface area (Å²) in [5.41, 5.74) is 0.721. The summed E-state index contributed by atoms with van der Waals surface area (Å²) in [4.78, 5) is 9.89. The molecule has 0 saturated carbocycles. The van der Waals surface area contributed by atoms with Gasteiger partial charge in [-0.15, -0.1) is 0 Å². The summed E-state index contributed by atoms with van der Waals surface area (Å²) >= 11 is 0. The zero-order valence-electron chi connectivity index (χ0n) is 6.38. The third-order valence-electron chi connectivity index (χ3n) is 1.26. The highest BCUT2D eigenvalue weighted by atomic mass is 19.1. The van der Waals surface area contributed by atoms with Crippen LogP contribution in [0, 0.1) is 17.7 Å². The first kappa shape index (κ1) is 8.48. The highest BCUT2D eigenvalue weighted by Gasteiger charge is 1.87. The predicted octanol–water partition coefficient (Wildman–Crippen LogP) is 1.77. The number of rotatable bonds is 1. The van der Waals surface area contributed by atoms with Crippen molar-refractivity contribution in [3.05, 3.63) is 35.6 Å². The third-order valence-corrected chi connectivity index (χ3v) is 1.26. The van der Waals surface area contributed by atoms with E-state index in [2.05, 4.69) is 11.8 Å². The molecule has 0 aliphatic rings. The second-order valence-corrected chi connectivity index (χ2v) is 2.18. The summed E-state index contributed by atoms with van der Waals surface area (Å²) in [5, 5.41) is 0. The molecule has 0 radical (unpaired) electrons. The second-order valence-electron chi connectivity index (χ2n) is 2.18. The lowest BCUT2D eigenvalue weighted by Gasteiger charge is -1.87. The van der Waals surface area contributed by atoms with Gasteiger partial charge in [-0.1, -0.05) is 11.8 Å². The van der Waals surface area contributed by atoms with Crippen molar-refractivity contribution in [2.24, 2.45) is 0 Å². The van der Waals surface area contributed by atoms with Gasteiger partial charge < -0.3 is 4.79 Å². The molecule has 0 unspecified atom stereocenters. The van der Waals surface area contributed by atoms with Crippen LogP contribution in [0.25, 0.3) is 0 Å². The van der Waals surface area contributed by atoms with Crippen molar-refractivity contribution >= 4 is 6.29 Å². The van der Waals surface area contributed by atoms with Gasteiger partial charge in [0, 0.05) is 5.56 Å². The molecule has 1 nitrogen and oxygen atoms in total. The summed E-state index contributed by atoms with van der Waals surface area (Å²) in [6, 6.07) is 5.83. The first-order valence-corrected chi connectivity index (χ1v) is 3.51. The van der Waals surface area contributed by atoms with Crippen molar-refractivity contribution in [2.75, 3.05) is 0 Å². The van der Waals surface area contributed by atoms with Gasteiger partial charge in [-0.05, 0) is 24.3 Å². The molecule has 0 saturated heterocycles. The van der Waals surface area contributed by atoms with E-state index in [-0.39, 0.29) is 12.2 Å². The Bertz CT molecular complexity index is 316. The summed E-state index contributed by atoms with van der Waals surface area (Å²) < 4.78 is 12.4. The molecule has 1 aromatic rings. The predicted molar refractivity (Wildman–Crippen MR) is 44.0 cm³/mol. The Morgan fingerprint density at radius 3 is 2.58 bits per heavy atom. The van der Waals surface area contributed by atoms with E-state index >= 15 is 0 Å². The van der Waals surface area contributed by atoms with Gasteiger partial charge in [0.2, 0.25) is 0 Å². The first-order chi connectivity index (χ1) is 5.83. The van der Waals surface area contributed by atoms with E-state index in [1.807, 2.05) is 0 Å². The van der Waals surface area contributed by atoms with Crippen molar-refractivity contribution in [3.8, 4) is 11.8 Å². The molecular weight excluding hydrogens is 155 g/mol. The number of hydrogen-bond acceptors (Lipinski definition) is 1. The van der Waals surface area contributed by atoms with Crippen molar-refractivity contribution in [2.45, 2.75) is 6.42 Å². The molecule has 0 atom stereocenters. The van der Waals surface area contributed by atoms with Crippen LogP contribution in [-0.4, -0.2) is 6.29 Å². The number of carbonyl (C=O) groups excluding carboxylic acids is 1. The van der Waals surface area contributed by atoms with E-state index in [9.17, 15) is 9.18 Å². The molecule has 1 rings (SSSR count). The number of halogens is 1. The normalized spacial score (nSPS) is 8.42. The third kappa shape index (κ3) is 2.55. The Morgan fingerprint density at radius 1 is 1.33 bits per heavy atom. The summed E-state index contributed by atoms with van der Waals surface area (Å²) in [5.74, 6) is 5.07. The van der Waals surface area contributed by atoms with Crippen LogP contribution in [0.4, 0.5) is 4.39 Å². The van der Waals surface area contributed by atoms with Gasteiger partial charge in [-0.2, -0.15) is 0 Å². The Hall–Kier alpha value is -1.62. The lowest BCUT2D eigenvalue weighted by Crippen LogP contribution is -1.76. The highest BCUT2D eigenvalue weighted by molar-refractivity contribution is 5.54. The molecule has 2 heteroatoms. The summed E-state index contributed by atoms with van der Waals surface area (Å²) in [6.07, 6.45) is 0.952. The SMILES string of the molecule is O=CCC#Cc1ccc(F)cc1. The Morgan fingerprint density at radius 2 is 2.00 bits per heavy atom. The molecule has 0 N–H and O–H groups in total. The maximum Gasteiger partial charge on any atom is 0.131 e. The molecule has 0 aliphatic carbocycles. The summed E-state index contributed by atoms with van der Waals surface area (Å²) in [7, 11) is 0. The molecule has 0 aliphatic heterocycles. The lowest BCUT2D eigenvalue weighted by molar-refractivity contribution is -0.107. The Kier molecular flexibility index (Phi) is 3.04. The quantitative estimate of drug-likeness (QED) is 0.454. The van der Waals surface area contributed by atoms with Crippen molar-refractivity contribution < 1.29 is 9.18 Å². The van der Waals surface area contributed by atoms with E-state index < -0.39 is 0 Å². The van der Waals surface area contributed by atoms with Crippen LogP contribution in [0.1, 0.15) is 12.0 Å². The molecule has 0 amide bonds. The Labute approximate surface area is 70.2 Å². The fraction of sp³-hybridized carbons (Fsp3) is 0.100. The average molecular weight is 162 g/mol. The molecule has 0 bridgehead atoms. The van der Waals surface area contributed by atoms with Crippen molar-refractivity contribution in [3.63, 3.8) is 0 Å². The minimum Gasteiger partial charge on any atom is -0.302 e.